The van der Waals surface area contributed by atoms with Gasteiger partial charge in [-0.2, -0.15) is 0 Å². The van der Waals surface area contributed by atoms with E-state index in [2.05, 4.69) is 46.5 Å². The zero-order chi connectivity index (χ0) is 22.4. The standard InChI is InChI=1S/C25H32N4O2/c1-19-6-7-20(2)22(16-19)17-28-13-12-26-24(28)18-29(15-14-27(3)4)25(30)21-8-10-23(31-5)11-9-21/h6-13,16H,14-15,17-18H2,1-5H3. The van der Waals surface area contributed by atoms with Crippen LogP contribution in [-0.4, -0.2) is 59.6 Å². The third-order valence-electron chi connectivity index (χ3n) is 5.42. The van der Waals surface area contributed by atoms with Gasteiger partial charge in [0.2, 0.25) is 0 Å². The summed E-state index contributed by atoms with van der Waals surface area (Å²) in [4.78, 5) is 21.8. The van der Waals surface area contributed by atoms with Crippen LogP contribution in [0.2, 0.25) is 0 Å². The van der Waals surface area contributed by atoms with Crippen LogP contribution < -0.4 is 4.74 Å². The minimum absolute atomic E-state index is 0.00853. The lowest BCUT2D eigenvalue weighted by atomic mass is 10.1. The molecule has 1 aromatic heterocycles. The number of rotatable bonds is 9. The molecule has 3 aromatic rings. The highest BCUT2D eigenvalue weighted by molar-refractivity contribution is 5.94. The van der Waals surface area contributed by atoms with Crippen LogP contribution in [0.15, 0.2) is 54.9 Å². The van der Waals surface area contributed by atoms with Crippen molar-refractivity contribution in [1.82, 2.24) is 19.4 Å². The number of ether oxygens (including phenoxy) is 1. The van der Waals surface area contributed by atoms with Crippen LogP contribution in [0.4, 0.5) is 0 Å². The first kappa shape index (κ1) is 22.6. The molecular weight excluding hydrogens is 388 g/mol. The summed E-state index contributed by atoms with van der Waals surface area (Å²) in [5.41, 5.74) is 4.40. The van der Waals surface area contributed by atoms with Crippen molar-refractivity contribution in [3.05, 3.63) is 82.9 Å². The Morgan fingerprint density at radius 3 is 2.48 bits per heavy atom. The van der Waals surface area contributed by atoms with Gasteiger partial charge in [-0.1, -0.05) is 23.8 Å². The number of hydrogen-bond acceptors (Lipinski definition) is 4. The van der Waals surface area contributed by atoms with E-state index in [1.165, 1.54) is 16.7 Å². The summed E-state index contributed by atoms with van der Waals surface area (Å²) in [7, 11) is 5.64. The second kappa shape index (κ2) is 10.3. The first-order valence-electron chi connectivity index (χ1n) is 10.5. The summed E-state index contributed by atoms with van der Waals surface area (Å²) >= 11 is 0. The van der Waals surface area contributed by atoms with E-state index in [-0.39, 0.29) is 5.91 Å². The van der Waals surface area contributed by atoms with E-state index >= 15 is 0 Å². The van der Waals surface area contributed by atoms with Crippen LogP contribution >= 0.6 is 0 Å². The molecule has 0 radical (unpaired) electrons. The molecule has 0 N–H and O–H groups in total. The van der Waals surface area contributed by atoms with E-state index < -0.39 is 0 Å². The SMILES string of the molecule is COc1ccc(C(=O)N(CCN(C)C)Cc2nccn2Cc2cc(C)ccc2C)cc1. The Labute approximate surface area is 185 Å². The molecule has 164 valence electrons. The maximum atomic E-state index is 13.3. The zero-order valence-corrected chi connectivity index (χ0v) is 19.1. The van der Waals surface area contributed by atoms with Crippen molar-refractivity contribution in [1.29, 1.82) is 0 Å². The number of likely N-dealkylation sites (N-methyl/N-ethyl adjacent to an activating group) is 1. The van der Waals surface area contributed by atoms with Crippen LogP contribution in [-0.2, 0) is 13.1 Å². The van der Waals surface area contributed by atoms with E-state index in [1.54, 1.807) is 7.11 Å². The maximum Gasteiger partial charge on any atom is 0.254 e. The maximum absolute atomic E-state index is 13.3. The van der Waals surface area contributed by atoms with Gasteiger partial charge >= 0.3 is 0 Å². The van der Waals surface area contributed by atoms with E-state index in [4.69, 9.17) is 4.74 Å². The minimum atomic E-state index is -0.00853. The largest absolute Gasteiger partial charge is 0.497 e. The van der Waals surface area contributed by atoms with Crippen molar-refractivity contribution in [2.45, 2.75) is 26.9 Å². The Bertz CT molecular complexity index is 1010. The molecule has 0 aliphatic rings. The summed E-state index contributed by atoms with van der Waals surface area (Å²) in [5, 5.41) is 0. The second-order valence-corrected chi connectivity index (χ2v) is 8.16. The summed E-state index contributed by atoms with van der Waals surface area (Å²) in [6, 6.07) is 13.8. The number of aryl methyl sites for hydroxylation is 2. The second-order valence-electron chi connectivity index (χ2n) is 8.16. The van der Waals surface area contributed by atoms with Gasteiger partial charge < -0.3 is 19.1 Å². The Kier molecular flexibility index (Phi) is 7.47. The Morgan fingerprint density at radius 2 is 1.81 bits per heavy atom. The lowest BCUT2D eigenvalue weighted by Gasteiger charge is -2.25. The number of hydrogen-bond donors (Lipinski definition) is 0. The molecule has 1 heterocycles. The molecular formula is C25H32N4O2. The fourth-order valence-electron chi connectivity index (χ4n) is 3.45. The van der Waals surface area contributed by atoms with Crippen molar-refractivity contribution in [2.24, 2.45) is 0 Å². The monoisotopic (exact) mass is 420 g/mol. The summed E-state index contributed by atoms with van der Waals surface area (Å²) in [6.07, 6.45) is 3.79. The van der Waals surface area contributed by atoms with Gasteiger partial charge in [-0.15, -0.1) is 0 Å². The predicted octanol–water partition coefficient (Wildman–Crippen LogP) is 3.76. The van der Waals surface area contributed by atoms with Crippen LogP contribution in [0, 0.1) is 13.8 Å². The molecule has 2 aromatic carbocycles. The molecule has 1 amide bonds. The first-order valence-corrected chi connectivity index (χ1v) is 10.5. The Morgan fingerprint density at radius 1 is 1.06 bits per heavy atom. The molecule has 31 heavy (non-hydrogen) atoms. The molecule has 0 saturated carbocycles. The molecule has 0 unspecified atom stereocenters. The van der Waals surface area contributed by atoms with Gasteiger partial charge in [0.25, 0.3) is 5.91 Å². The lowest BCUT2D eigenvalue weighted by Crippen LogP contribution is -2.37. The zero-order valence-electron chi connectivity index (χ0n) is 19.1. The number of methoxy groups -OCH3 is 1. The summed E-state index contributed by atoms with van der Waals surface area (Å²) in [5.74, 6) is 1.60. The fraction of sp³-hybridized carbons (Fsp3) is 0.360. The average Bonchev–Trinajstić information content (AvgIpc) is 3.19. The van der Waals surface area contributed by atoms with Gasteiger partial charge in [-0.3, -0.25) is 4.79 Å². The van der Waals surface area contributed by atoms with Gasteiger partial charge in [-0.05, 0) is 63.3 Å². The van der Waals surface area contributed by atoms with Gasteiger partial charge in [0.15, 0.2) is 0 Å². The van der Waals surface area contributed by atoms with E-state index in [0.29, 0.717) is 18.7 Å². The van der Waals surface area contributed by atoms with E-state index in [1.807, 2.05) is 55.7 Å². The summed E-state index contributed by atoms with van der Waals surface area (Å²) in [6.45, 7) is 6.82. The third-order valence-corrected chi connectivity index (χ3v) is 5.42. The van der Waals surface area contributed by atoms with Gasteiger partial charge in [0, 0.05) is 37.6 Å². The first-order chi connectivity index (χ1) is 14.9. The summed E-state index contributed by atoms with van der Waals surface area (Å²) < 4.78 is 7.35. The smallest absolute Gasteiger partial charge is 0.254 e. The Hall–Kier alpha value is -3.12. The molecule has 0 aliphatic heterocycles. The third kappa shape index (κ3) is 5.95. The van der Waals surface area contributed by atoms with Crippen molar-refractivity contribution >= 4 is 5.91 Å². The quantitative estimate of drug-likeness (QED) is 0.529. The molecule has 0 saturated heterocycles. The number of amides is 1. The number of nitrogens with zero attached hydrogens (tertiary/aromatic N) is 4. The van der Waals surface area contributed by atoms with Crippen molar-refractivity contribution in [3.8, 4) is 5.75 Å². The predicted molar refractivity (Wildman–Crippen MR) is 124 cm³/mol. The Balaban J connectivity index is 1.82. The minimum Gasteiger partial charge on any atom is -0.497 e. The lowest BCUT2D eigenvalue weighted by molar-refractivity contribution is 0.0726. The molecule has 0 aliphatic carbocycles. The van der Waals surface area contributed by atoms with Gasteiger partial charge in [-0.25, -0.2) is 4.98 Å². The molecule has 6 nitrogen and oxygen atoms in total. The van der Waals surface area contributed by atoms with Crippen LogP contribution in [0.25, 0.3) is 0 Å². The van der Waals surface area contributed by atoms with Crippen LogP contribution in [0.5, 0.6) is 5.75 Å². The van der Waals surface area contributed by atoms with Crippen molar-refractivity contribution in [3.63, 3.8) is 0 Å². The number of carbonyl (C=O) groups excluding carboxylic acids is 1. The molecule has 0 bridgehead atoms. The highest BCUT2D eigenvalue weighted by Crippen LogP contribution is 2.17. The highest BCUT2D eigenvalue weighted by atomic mass is 16.5. The number of benzene rings is 2. The van der Waals surface area contributed by atoms with Crippen molar-refractivity contribution < 1.29 is 9.53 Å². The topological polar surface area (TPSA) is 50.6 Å². The molecule has 0 atom stereocenters. The van der Waals surface area contributed by atoms with Gasteiger partial charge in [0.1, 0.15) is 11.6 Å². The number of imidazole rings is 1. The molecule has 0 spiro atoms. The molecule has 6 heteroatoms. The van der Waals surface area contributed by atoms with Crippen molar-refractivity contribution in [2.75, 3.05) is 34.3 Å². The fourth-order valence-corrected chi connectivity index (χ4v) is 3.45. The highest BCUT2D eigenvalue weighted by Gasteiger charge is 2.19. The van der Waals surface area contributed by atoms with E-state index in [9.17, 15) is 4.79 Å². The normalized spacial score (nSPS) is 11.0. The van der Waals surface area contributed by atoms with E-state index in [0.717, 1.165) is 24.7 Å². The molecule has 0 fully saturated rings. The molecule has 3 rings (SSSR count). The number of aromatic nitrogens is 2. The number of carbonyl (C=O) groups is 1. The van der Waals surface area contributed by atoms with Crippen LogP contribution in [0.1, 0.15) is 32.9 Å². The van der Waals surface area contributed by atoms with Gasteiger partial charge in [0.05, 0.1) is 13.7 Å². The van der Waals surface area contributed by atoms with Crippen LogP contribution in [0.3, 0.4) is 0 Å². The average molecular weight is 421 g/mol.